The predicted octanol–water partition coefficient (Wildman–Crippen LogP) is 2.06. The molecule has 1 amide bonds. The number of carbonyl (C=O) groups is 2. The van der Waals surface area contributed by atoms with Crippen LogP contribution in [-0.4, -0.2) is 24.1 Å². The molecule has 1 aromatic rings. The first-order valence-electron chi connectivity index (χ1n) is 5.44. The average Bonchev–Trinajstić information content (AvgIpc) is 2.38. The van der Waals surface area contributed by atoms with E-state index in [0.29, 0.717) is 0 Å². The van der Waals surface area contributed by atoms with Crippen LogP contribution in [-0.2, 0) is 14.3 Å². The van der Waals surface area contributed by atoms with Crippen LogP contribution in [0.5, 0.6) is 0 Å². The number of anilines is 1. The summed E-state index contributed by atoms with van der Waals surface area (Å²) in [6.07, 6.45) is 0.0790. The summed E-state index contributed by atoms with van der Waals surface area (Å²) in [7, 11) is 1.28. The van der Waals surface area contributed by atoms with Crippen molar-refractivity contribution in [2.45, 2.75) is 12.8 Å². The summed E-state index contributed by atoms with van der Waals surface area (Å²) in [5.74, 6) is -0.750. The van der Waals surface area contributed by atoms with E-state index in [-0.39, 0.29) is 23.9 Å². The van der Waals surface area contributed by atoms with Crippen LogP contribution in [0.4, 0.5) is 5.69 Å². The number of halogens is 1. The van der Waals surface area contributed by atoms with E-state index in [1.165, 1.54) is 7.11 Å². The van der Waals surface area contributed by atoms with Crippen molar-refractivity contribution in [2.75, 3.05) is 12.4 Å². The molecule has 0 saturated carbocycles. The minimum absolute atomic E-state index is 0.0362. The van der Waals surface area contributed by atoms with Crippen LogP contribution in [0.2, 0.25) is 0 Å². The zero-order chi connectivity index (χ0) is 14.3. The zero-order valence-corrected chi connectivity index (χ0v) is 13.2. The molecule has 5 nitrogen and oxygen atoms in total. The van der Waals surface area contributed by atoms with Crippen molar-refractivity contribution in [1.82, 2.24) is 5.32 Å². The van der Waals surface area contributed by atoms with Crippen LogP contribution in [0.1, 0.15) is 12.8 Å². The summed E-state index contributed by atoms with van der Waals surface area (Å²) in [6.45, 7) is 0. The Labute approximate surface area is 130 Å². The van der Waals surface area contributed by atoms with Crippen LogP contribution in [0, 0.1) is 3.57 Å². The minimum atomic E-state index is -0.424. The molecule has 0 aliphatic carbocycles. The van der Waals surface area contributed by atoms with Crippen molar-refractivity contribution in [1.29, 1.82) is 0 Å². The fourth-order valence-electron chi connectivity index (χ4n) is 1.20. The number of ether oxygens (including phenoxy) is 1. The smallest absolute Gasteiger partial charge is 0.306 e. The SMILES string of the molecule is COC(=O)CCC(=O)NC(=S)Nc1ccc(I)cc1. The van der Waals surface area contributed by atoms with Crippen LogP contribution in [0.25, 0.3) is 0 Å². The van der Waals surface area contributed by atoms with Gasteiger partial charge in [0, 0.05) is 15.7 Å². The zero-order valence-electron chi connectivity index (χ0n) is 10.2. The third-order valence-corrected chi connectivity index (χ3v) is 3.06. The molecule has 0 heterocycles. The molecule has 2 N–H and O–H groups in total. The molecule has 0 spiro atoms. The van der Waals surface area contributed by atoms with Gasteiger partial charge in [-0.2, -0.15) is 0 Å². The molecule has 0 unspecified atom stereocenters. The second-order valence-corrected chi connectivity index (χ2v) is 5.24. The topological polar surface area (TPSA) is 67.4 Å². The third-order valence-electron chi connectivity index (χ3n) is 2.14. The van der Waals surface area contributed by atoms with Gasteiger partial charge in [0.1, 0.15) is 0 Å². The lowest BCUT2D eigenvalue weighted by molar-refractivity contribution is -0.142. The standard InChI is InChI=1S/C12H13IN2O3S/c1-18-11(17)7-6-10(16)15-12(19)14-9-4-2-8(13)3-5-9/h2-5H,6-7H2,1H3,(H2,14,15,16,19). The number of hydrogen-bond donors (Lipinski definition) is 2. The Kier molecular flexibility index (Phi) is 6.71. The molecule has 19 heavy (non-hydrogen) atoms. The van der Waals surface area contributed by atoms with E-state index in [0.717, 1.165) is 9.26 Å². The molecule has 0 aliphatic heterocycles. The highest BCUT2D eigenvalue weighted by atomic mass is 127. The average molecular weight is 392 g/mol. The number of amides is 1. The minimum Gasteiger partial charge on any atom is -0.469 e. The maximum absolute atomic E-state index is 11.5. The molecule has 0 aliphatic rings. The van der Waals surface area contributed by atoms with Gasteiger partial charge < -0.3 is 15.4 Å². The van der Waals surface area contributed by atoms with Crippen LogP contribution in [0.15, 0.2) is 24.3 Å². The first-order chi connectivity index (χ1) is 9.01. The van der Waals surface area contributed by atoms with Crippen molar-refractivity contribution in [2.24, 2.45) is 0 Å². The molecule has 7 heteroatoms. The highest BCUT2D eigenvalue weighted by Gasteiger charge is 2.08. The second kappa shape index (κ2) is 8.05. The third kappa shape index (κ3) is 6.48. The van der Waals surface area contributed by atoms with Gasteiger partial charge >= 0.3 is 5.97 Å². The largest absolute Gasteiger partial charge is 0.469 e. The lowest BCUT2D eigenvalue weighted by Crippen LogP contribution is -2.34. The number of carbonyl (C=O) groups excluding carboxylic acids is 2. The number of nitrogens with one attached hydrogen (secondary N) is 2. The van der Waals surface area contributed by atoms with Gasteiger partial charge in [-0.15, -0.1) is 0 Å². The molecule has 102 valence electrons. The highest BCUT2D eigenvalue weighted by Crippen LogP contribution is 2.10. The lowest BCUT2D eigenvalue weighted by atomic mass is 10.3. The molecule has 0 fully saturated rings. The molecule has 0 bridgehead atoms. The molecule has 0 saturated heterocycles. The maximum Gasteiger partial charge on any atom is 0.306 e. The van der Waals surface area contributed by atoms with Gasteiger partial charge in [0.2, 0.25) is 5.91 Å². The monoisotopic (exact) mass is 392 g/mol. The molecule has 0 aromatic heterocycles. The van der Waals surface area contributed by atoms with E-state index in [1.807, 2.05) is 24.3 Å². The number of rotatable bonds is 4. The Morgan fingerprint density at radius 1 is 1.26 bits per heavy atom. The Hall–Kier alpha value is -1.22. The Morgan fingerprint density at radius 3 is 2.47 bits per heavy atom. The molecule has 0 atom stereocenters. The normalized spacial score (nSPS) is 9.58. The second-order valence-electron chi connectivity index (χ2n) is 3.59. The van der Waals surface area contributed by atoms with Gasteiger partial charge in [-0.25, -0.2) is 0 Å². The van der Waals surface area contributed by atoms with Crippen molar-refractivity contribution in [3.05, 3.63) is 27.8 Å². The summed E-state index contributed by atoms with van der Waals surface area (Å²) >= 11 is 7.19. The molecule has 1 aromatic carbocycles. The van der Waals surface area contributed by atoms with Crippen molar-refractivity contribution >= 4 is 57.5 Å². The van der Waals surface area contributed by atoms with Gasteiger partial charge in [0.15, 0.2) is 5.11 Å². The Balaban J connectivity index is 2.36. The van der Waals surface area contributed by atoms with Gasteiger partial charge in [-0.05, 0) is 59.1 Å². The fourth-order valence-corrected chi connectivity index (χ4v) is 1.79. The summed E-state index contributed by atoms with van der Waals surface area (Å²) in [5, 5.41) is 5.58. The van der Waals surface area contributed by atoms with Crippen LogP contribution >= 0.6 is 34.8 Å². The number of esters is 1. The Morgan fingerprint density at radius 2 is 1.89 bits per heavy atom. The van der Waals surface area contributed by atoms with Crippen molar-refractivity contribution in [3.8, 4) is 0 Å². The van der Waals surface area contributed by atoms with E-state index >= 15 is 0 Å². The van der Waals surface area contributed by atoms with Crippen LogP contribution in [0.3, 0.4) is 0 Å². The molecule has 0 radical (unpaired) electrons. The van der Waals surface area contributed by atoms with E-state index in [1.54, 1.807) is 0 Å². The summed E-state index contributed by atoms with van der Waals surface area (Å²) in [6, 6.07) is 7.55. The number of benzene rings is 1. The maximum atomic E-state index is 11.5. The number of hydrogen-bond acceptors (Lipinski definition) is 4. The van der Waals surface area contributed by atoms with Gasteiger partial charge in [0.25, 0.3) is 0 Å². The predicted molar refractivity (Wildman–Crippen MR) is 84.8 cm³/mol. The van der Waals surface area contributed by atoms with Crippen LogP contribution < -0.4 is 10.6 Å². The Bertz CT molecular complexity index is 476. The van der Waals surface area contributed by atoms with Gasteiger partial charge in [-0.3, -0.25) is 9.59 Å². The summed E-state index contributed by atoms with van der Waals surface area (Å²) in [5.41, 5.74) is 0.790. The van der Waals surface area contributed by atoms with Crippen molar-refractivity contribution < 1.29 is 14.3 Å². The fraction of sp³-hybridized carbons (Fsp3) is 0.250. The quantitative estimate of drug-likeness (QED) is 0.467. The first kappa shape index (κ1) is 15.8. The van der Waals surface area contributed by atoms with Gasteiger partial charge in [0.05, 0.1) is 13.5 Å². The summed E-state index contributed by atoms with van der Waals surface area (Å²) < 4.78 is 5.55. The number of methoxy groups -OCH3 is 1. The van der Waals surface area contributed by atoms with E-state index in [4.69, 9.17) is 12.2 Å². The van der Waals surface area contributed by atoms with E-state index < -0.39 is 5.97 Å². The summed E-state index contributed by atoms with van der Waals surface area (Å²) in [4.78, 5) is 22.3. The number of thiocarbonyl (C=S) groups is 1. The van der Waals surface area contributed by atoms with Gasteiger partial charge in [-0.1, -0.05) is 0 Å². The highest BCUT2D eigenvalue weighted by molar-refractivity contribution is 14.1. The van der Waals surface area contributed by atoms with E-state index in [2.05, 4.69) is 38.0 Å². The lowest BCUT2D eigenvalue weighted by Gasteiger charge is -2.09. The first-order valence-corrected chi connectivity index (χ1v) is 6.93. The molecular weight excluding hydrogens is 379 g/mol. The van der Waals surface area contributed by atoms with E-state index in [9.17, 15) is 9.59 Å². The molecular formula is C12H13IN2O3S. The molecule has 1 rings (SSSR count). The van der Waals surface area contributed by atoms with Crippen molar-refractivity contribution in [3.63, 3.8) is 0 Å².